The van der Waals surface area contributed by atoms with Crippen LogP contribution in [0.5, 0.6) is 0 Å². The number of phosphoric acid groups is 1. The predicted octanol–water partition coefficient (Wildman–Crippen LogP) is 16.2. The number of carbonyl (C=O) groups is 1. The lowest BCUT2D eigenvalue weighted by Crippen LogP contribution is -2.46. The summed E-state index contributed by atoms with van der Waals surface area (Å²) in [5.74, 6) is -0.154. The molecule has 64 heavy (non-hydrogen) atoms. The minimum absolute atomic E-state index is 0.0717. The summed E-state index contributed by atoms with van der Waals surface area (Å²) in [6.45, 7) is 4.89. The van der Waals surface area contributed by atoms with Crippen LogP contribution in [-0.2, 0) is 18.4 Å². The normalized spacial score (nSPS) is 14.3. The van der Waals surface area contributed by atoms with Gasteiger partial charge in [-0.1, -0.05) is 237 Å². The van der Waals surface area contributed by atoms with Crippen molar-refractivity contribution in [3.05, 3.63) is 36.5 Å². The predicted molar refractivity (Wildman–Crippen MR) is 277 cm³/mol. The molecule has 0 heterocycles. The third-order valence-electron chi connectivity index (χ3n) is 12.4. The highest BCUT2D eigenvalue weighted by Crippen LogP contribution is 2.43. The zero-order chi connectivity index (χ0) is 47.1. The van der Waals surface area contributed by atoms with E-state index in [1.54, 1.807) is 0 Å². The molecule has 0 saturated carbocycles. The van der Waals surface area contributed by atoms with E-state index in [1.807, 2.05) is 21.1 Å². The van der Waals surface area contributed by atoms with E-state index in [1.165, 1.54) is 167 Å². The average molecular weight is 924 g/mol. The summed E-state index contributed by atoms with van der Waals surface area (Å²) < 4.78 is 23.8. The van der Waals surface area contributed by atoms with Crippen LogP contribution < -0.4 is 5.32 Å². The van der Waals surface area contributed by atoms with E-state index in [-0.39, 0.29) is 19.1 Å². The number of quaternary nitrogens is 1. The maximum Gasteiger partial charge on any atom is 0.472 e. The quantitative estimate of drug-likeness (QED) is 0.0243. The Kier molecular flexibility index (Phi) is 45.9. The molecule has 3 atom stereocenters. The van der Waals surface area contributed by atoms with Crippen LogP contribution in [0, 0.1) is 0 Å². The van der Waals surface area contributed by atoms with E-state index in [9.17, 15) is 19.4 Å². The Bertz CT molecular complexity index is 1140. The molecule has 1 amide bonds. The number of phosphoric ester groups is 1. The lowest BCUT2D eigenvalue weighted by molar-refractivity contribution is -0.870. The van der Waals surface area contributed by atoms with Crippen molar-refractivity contribution >= 4 is 13.7 Å². The second-order valence-corrected chi connectivity index (χ2v) is 21.4. The number of hydrogen-bond acceptors (Lipinski definition) is 5. The fourth-order valence-electron chi connectivity index (χ4n) is 8.05. The molecule has 0 saturated heterocycles. The van der Waals surface area contributed by atoms with Crippen molar-refractivity contribution in [2.75, 3.05) is 40.9 Å². The van der Waals surface area contributed by atoms with Gasteiger partial charge in [-0.25, -0.2) is 4.57 Å². The van der Waals surface area contributed by atoms with Crippen LogP contribution in [0.1, 0.15) is 258 Å². The van der Waals surface area contributed by atoms with Crippen molar-refractivity contribution < 1.29 is 32.9 Å². The smallest absolute Gasteiger partial charge is 0.391 e. The first-order chi connectivity index (χ1) is 31.0. The summed E-state index contributed by atoms with van der Waals surface area (Å²) in [6.07, 6.45) is 59.0. The van der Waals surface area contributed by atoms with E-state index >= 15 is 0 Å². The number of aliphatic hydroxyl groups excluding tert-OH is 1. The topological polar surface area (TPSA) is 105 Å². The molecule has 0 aliphatic carbocycles. The first kappa shape index (κ1) is 62.7. The van der Waals surface area contributed by atoms with Crippen LogP contribution in [0.4, 0.5) is 0 Å². The van der Waals surface area contributed by atoms with Gasteiger partial charge >= 0.3 is 7.82 Å². The molecule has 0 bridgehead atoms. The summed E-state index contributed by atoms with van der Waals surface area (Å²) in [5, 5.41) is 14.0. The number of nitrogens with zero attached hydrogens (tertiary/aromatic N) is 1. The minimum Gasteiger partial charge on any atom is -0.391 e. The van der Waals surface area contributed by atoms with Crippen molar-refractivity contribution in [1.82, 2.24) is 5.32 Å². The third-order valence-corrected chi connectivity index (χ3v) is 13.4. The van der Waals surface area contributed by atoms with Crippen LogP contribution in [0.2, 0.25) is 0 Å². The molecule has 0 spiro atoms. The van der Waals surface area contributed by atoms with E-state index < -0.39 is 20.0 Å². The molecule has 0 fully saturated rings. The highest BCUT2D eigenvalue weighted by Gasteiger charge is 2.28. The Morgan fingerprint density at radius 1 is 0.531 bits per heavy atom. The fourth-order valence-corrected chi connectivity index (χ4v) is 8.79. The Labute approximate surface area is 397 Å². The zero-order valence-electron chi connectivity index (χ0n) is 43.0. The Hall–Kier alpha value is -1.28. The third kappa shape index (κ3) is 48.6. The van der Waals surface area contributed by atoms with Gasteiger partial charge in [0.05, 0.1) is 39.9 Å². The molecule has 0 aromatic rings. The maximum absolute atomic E-state index is 13.0. The van der Waals surface area contributed by atoms with Gasteiger partial charge in [0.25, 0.3) is 0 Å². The van der Waals surface area contributed by atoms with Crippen molar-refractivity contribution in [2.24, 2.45) is 0 Å². The molecule has 3 N–H and O–H groups in total. The molecule has 3 unspecified atom stereocenters. The Balaban J connectivity index is 4.25. The number of likely N-dealkylation sites (N-methyl/N-ethyl adjacent to an activating group) is 1. The number of rotatable bonds is 50. The molecule has 9 heteroatoms. The molecule has 8 nitrogen and oxygen atoms in total. The van der Waals surface area contributed by atoms with Crippen LogP contribution in [0.15, 0.2) is 36.5 Å². The summed E-state index contributed by atoms with van der Waals surface area (Å²) in [6, 6.07) is -0.768. The number of allylic oxidation sites excluding steroid dienone is 6. The van der Waals surface area contributed by atoms with Gasteiger partial charge in [0.1, 0.15) is 13.2 Å². The van der Waals surface area contributed by atoms with Crippen molar-refractivity contribution in [2.45, 2.75) is 270 Å². The second-order valence-electron chi connectivity index (χ2n) is 20.0. The highest BCUT2D eigenvalue weighted by molar-refractivity contribution is 7.47. The average Bonchev–Trinajstić information content (AvgIpc) is 3.25. The van der Waals surface area contributed by atoms with Gasteiger partial charge in [-0.3, -0.25) is 13.8 Å². The number of nitrogens with one attached hydrogen (secondary N) is 1. The van der Waals surface area contributed by atoms with Gasteiger partial charge in [0.15, 0.2) is 0 Å². The van der Waals surface area contributed by atoms with Crippen LogP contribution in [-0.4, -0.2) is 73.4 Å². The molecule has 0 radical (unpaired) electrons. The number of amides is 1. The van der Waals surface area contributed by atoms with Crippen molar-refractivity contribution in [3.8, 4) is 0 Å². The molecular weight excluding hydrogens is 816 g/mol. The van der Waals surface area contributed by atoms with Gasteiger partial charge in [0, 0.05) is 6.42 Å². The first-order valence-electron chi connectivity index (χ1n) is 27.4. The van der Waals surface area contributed by atoms with E-state index in [0.29, 0.717) is 23.9 Å². The highest BCUT2D eigenvalue weighted by atomic mass is 31.2. The lowest BCUT2D eigenvalue weighted by atomic mass is 10.0. The van der Waals surface area contributed by atoms with Crippen LogP contribution in [0.25, 0.3) is 0 Å². The van der Waals surface area contributed by atoms with Crippen LogP contribution >= 0.6 is 7.82 Å². The summed E-state index contributed by atoms with van der Waals surface area (Å²) in [4.78, 5) is 23.3. The van der Waals surface area contributed by atoms with Gasteiger partial charge in [-0.15, -0.1) is 0 Å². The van der Waals surface area contributed by atoms with E-state index in [0.717, 1.165) is 64.2 Å². The molecule has 0 rings (SSSR count). The number of hydrogen-bond donors (Lipinski definition) is 3. The Morgan fingerprint density at radius 3 is 1.30 bits per heavy atom. The van der Waals surface area contributed by atoms with Crippen molar-refractivity contribution in [1.29, 1.82) is 0 Å². The molecular formula is C55H108N2O6P+. The maximum atomic E-state index is 13.0. The fraction of sp³-hybridized carbons (Fsp3) is 0.873. The SMILES string of the molecule is CCCCCCC/C=C\C/C=C\C/C=C\CCCCCCCCC(=O)NC(COP(=O)(O)OCC[N+](C)(C)C)C(O)CCCCCCCCCCCCCCCCCCCCCCC. The number of aliphatic hydroxyl groups is 1. The Morgan fingerprint density at radius 2 is 0.891 bits per heavy atom. The summed E-state index contributed by atoms with van der Waals surface area (Å²) in [5.41, 5.74) is 0. The molecule has 0 aliphatic rings. The van der Waals surface area contributed by atoms with Gasteiger partial charge < -0.3 is 19.8 Å². The van der Waals surface area contributed by atoms with Gasteiger partial charge in [-0.2, -0.15) is 0 Å². The summed E-state index contributed by atoms with van der Waals surface area (Å²) >= 11 is 0. The first-order valence-corrected chi connectivity index (χ1v) is 28.8. The standard InChI is InChI=1S/C55H107N2O6P/c1-6-8-10-12-14-16-18-20-22-24-26-28-30-32-34-36-38-40-42-44-46-48-54(58)53(52-63-64(60,61)62-51-50-57(3,4)5)56-55(59)49-47-45-43-41-39-37-35-33-31-29-27-25-23-21-19-17-15-13-11-9-7-2/h19,21,25,27,31,33,53-54,58H,6-18,20,22-24,26,28-30,32,34-52H2,1-5H3,(H-,56,59,60,61)/p+1/b21-19-,27-25-,33-31-. The summed E-state index contributed by atoms with van der Waals surface area (Å²) in [7, 11) is 1.61. The second kappa shape index (κ2) is 46.8. The minimum atomic E-state index is -4.33. The van der Waals surface area contributed by atoms with E-state index in [2.05, 4.69) is 55.6 Å². The number of carbonyl (C=O) groups excluding carboxylic acids is 1. The lowest BCUT2D eigenvalue weighted by Gasteiger charge is -2.26. The molecule has 0 aromatic carbocycles. The molecule has 0 aromatic heterocycles. The molecule has 378 valence electrons. The van der Waals surface area contributed by atoms with Crippen LogP contribution in [0.3, 0.4) is 0 Å². The van der Waals surface area contributed by atoms with E-state index in [4.69, 9.17) is 9.05 Å². The number of unbranched alkanes of at least 4 members (excludes halogenated alkanes) is 31. The monoisotopic (exact) mass is 924 g/mol. The largest absolute Gasteiger partial charge is 0.472 e. The van der Waals surface area contributed by atoms with Crippen molar-refractivity contribution in [3.63, 3.8) is 0 Å². The molecule has 0 aliphatic heterocycles. The van der Waals surface area contributed by atoms with Gasteiger partial charge in [0.2, 0.25) is 5.91 Å². The van der Waals surface area contributed by atoms with Gasteiger partial charge in [-0.05, 0) is 51.4 Å². The zero-order valence-corrected chi connectivity index (χ0v) is 43.9.